The summed E-state index contributed by atoms with van der Waals surface area (Å²) in [6.45, 7) is 11.8. The van der Waals surface area contributed by atoms with Gasteiger partial charge in [0.15, 0.2) is 5.78 Å². The minimum absolute atomic E-state index is 0.0151. The molecule has 3 heteroatoms. The van der Waals surface area contributed by atoms with E-state index in [2.05, 4.69) is 6.58 Å². The van der Waals surface area contributed by atoms with Crippen molar-refractivity contribution in [1.82, 2.24) is 0 Å². The first-order valence-corrected chi connectivity index (χ1v) is 7.58. The van der Waals surface area contributed by atoms with Crippen molar-refractivity contribution in [3.05, 3.63) is 35.5 Å². The molecule has 0 aromatic carbocycles. The van der Waals surface area contributed by atoms with Gasteiger partial charge in [0.2, 0.25) is 0 Å². The first-order valence-electron chi connectivity index (χ1n) is 7.58. The molecule has 0 aromatic rings. The Morgan fingerprint density at radius 2 is 2.14 bits per heavy atom. The van der Waals surface area contributed by atoms with Gasteiger partial charge in [0.1, 0.15) is 0 Å². The molecule has 2 unspecified atom stereocenters. The molecule has 1 aliphatic carbocycles. The SMILES string of the molecule is C=C(C)C1CC=C(C)C(=O)C1CCC=C(C)C(=O)OCC. The van der Waals surface area contributed by atoms with Crippen molar-refractivity contribution in [2.75, 3.05) is 6.61 Å². The van der Waals surface area contributed by atoms with Gasteiger partial charge in [-0.2, -0.15) is 0 Å². The molecule has 2 atom stereocenters. The van der Waals surface area contributed by atoms with Crippen molar-refractivity contribution in [3.63, 3.8) is 0 Å². The maximum atomic E-state index is 12.3. The fraction of sp³-hybridized carbons (Fsp3) is 0.556. The van der Waals surface area contributed by atoms with Crippen LogP contribution in [0.2, 0.25) is 0 Å². The zero-order valence-electron chi connectivity index (χ0n) is 13.6. The third kappa shape index (κ3) is 4.69. The Morgan fingerprint density at radius 1 is 1.48 bits per heavy atom. The molecule has 0 aliphatic heterocycles. The molecule has 1 rings (SSSR count). The molecule has 0 bridgehead atoms. The van der Waals surface area contributed by atoms with Crippen molar-refractivity contribution in [2.45, 2.75) is 47.0 Å². The summed E-state index contributed by atoms with van der Waals surface area (Å²) in [5, 5.41) is 0. The topological polar surface area (TPSA) is 43.4 Å². The average Bonchev–Trinajstić information content (AvgIpc) is 2.43. The Labute approximate surface area is 127 Å². The summed E-state index contributed by atoms with van der Waals surface area (Å²) in [4.78, 5) is 23.9. The van der Waals surface area contributed by atoms with Crippen LogP contribution in [0.5, 0.6) is 0 Å². The second-order valence-electron chi connectivity index (χ2n) is 5.73. The smallest absolute Gasteiger partial charge is 0.333 e. The molecule has 0 spiro atoms. The first kappa shape index (κ1) is 17.4. The highest BCUT2D eigenvalue weighted by Crippen LogP contribution is 2.34. The molecule has 3 nitrogen and oxygen atoms in total. The van der Waals surface area contributed by atoms with E-state index in [1.165, 1.54) is 0 Å². The van der Waals surface area contributed by atoms with Crippen LogP contribution in [0.4, 0.5) is 0 Å². The van der Waals surface area contributed by atoms with Gasteiger partial charge in [0.25, 0.3) is 0 Å². The predicted octanol–water partition coefficient (Wildman–Crippen LogP) is 4.00. The lowest BCUT2D eigenvalue weighted by molar-refractivity contribution is -0.138. The van der Waals surface area contributed by atoms with Gasteiger partial charge in [-0.05, 0) is 58.4 Å². The quantitative estimate of drug-likeness (QED) is 0.422. The molecule has 0 radical (unpaired) electrons. The third-order valence-electron chi connectivity index (χ3n) is 4.05. The average molecular weight is 290 g/mol. The van der Waals surface area contributed by atoms with Crippen molar-refractivity contribution in [1.29, 1.82) is 0 Å². The fourth-order valence-corrected chi connectivity index (χ4v) is 2.73. The summed E-state index contributed by atoms with van der Waals surface area (Å²) >= 11 is 0. The minimum atomic E-state index is -0.278. The van der Waals surface area contributed by atoms with Crippen molar-refractivity contribution in [2.24, 2.45) is 11.8 Å². The van der Waals surface area contributed by atoms with Gasteiger partial charge in [0.05, 0.1) is 6.61 Å². The summed E-state index contributed by atoms with van der Waals surface area (Å²) in [5.41, 5.74) is 2.52. The second kappa shape index (κ2) is 7.96. The number of hydrogen-bond donors (Lipinski definition) is 0. The van der Waals surface area contributed by atoms with Crippen molar-refractivity contribution in [3.8, 4) is 0 Å². The molecular formula is C18H26O3. The van der Waals surface area contributed by atoms with Gasteiger partial charge in [0, 0.05) is 11.5 Å². The molecule has 0 saturated carbocycles. The molecule has 0 heterocycles. The van der Waals surface area contributed by atoms with Crippen LogP contribution in [0, 0.1) is 11.8 Å². The van der Waals surface area contributed by atoms with E-state index in [1.54, 1.807) is 13.8 Å². The van der Waals surface area contributed by atoms with E-state index in [0.29, 0.717) is 18.6 Å². The number of rotatable bonds is 6. The highest BCUT2D eigenvalue weighted by molar-refractivity contribution is 5.97. The Bertz CT molecular complexity index is 483. The summed E-state index contributed by atoms with van der Waals surface area (Å²) in [7, 11) is 0. The van der Waals surface area contributed by atoms with E-state index in [4.69, 9.17) is 4.74 Å². The molecule has 0 N–H and O–H groups in total. The van der Waals surface area contributed by atoms with Crippen LogP contribution in [0.15, 0.2) is 35.5 Å². The number of allylic oxidation sites excluding steroid dienone is 4. The van der Waals surface area contributed by atoms with E-state index < -0.39 is 0 Å². The summed E-state index contributed by atoms with van der Waals surface area (Å²) in [6, 6.07) is 0. The summed E-state index contributed by atoms with van der Waals surface area (Å²) in [5.74, 6) is 0.146. The molecule has 0 amide bonds. The van der Waals surface area contributed by atoms with E-state index in [9.17, 15) is 9.59 Å². The van der Waals surface area contributed by atoms with Crippen LogP contribution < -0.4 is 0 Å². The highest BCUT2D eigenvalue weighted by Gasteiger charge is 2.31. The van der Waals surface area contributed by atoms with Gasteiger partial charge < -0.3 is 4.74 Å². The number of carbonyl (C=O) groups excluding carboxylic acids is 2. The lowest BCUT2D eigenvalue weighted by Crippen LogP contribution is -2.28. The number of hydrogen-bond acceptors (Lipinski definition) is 3. The van der Waals surface area contributed by atoms with Crippen LogP contribution in [0.1, 0.15) is 47.0 Å². The Morgan fingerprint density at radius 3 is 2.71 bits per heavy atom. The Kier molecular flexibility index (Phi) is 6.60. The number of Topliss-reactive ketones (excluding diaryl/α,β-unsaturated/α-hetero) is 1. The van der Waals surface area contributed by atoms with Crippen molar-refractivity contribution >= 4 is 11.8 Å². The van der Waals surface area contributed by atoms with Crippen LogP contribution in [0.3, 0.4) is 0 Å². The lowest BCUT2D eigenvalue weighted by Gasteiger charge is -2.29. The van der Waals surface area contributed by atoms with Gasteiger partial charge in [-0.3, -0.25) is 4.79 Å². The number of carbonyl (C=O) groups is 2. The number of ether oxygens (including phenoxy) is 1. The monoisotopic (exact) mass is 290 g/mol. The zero-order chi connectivity index (χ0) is 16.0. The van der Waals surface area contributed by atoms with Gasteiger partial charge in [-0.1, -0.05) is 24.3 Å². The van der Waals surface area contributed by atoms with Crippen LogP contribution >= 0.6 is 0 Å². The zero-order valence-corrected chi connectivity index (χ0v) is 13.6. The van der Waals surface area contributed by atoms with E-state index in [-0.39, 0.29) is 23.6 Å². The maximum absolute atomic E-state index is 12.3. The third-order valence-corrected chi connectivity index (χ3v) is 4.05. The summed E-state index contributed by atoms with van der Waals surface area (Å²) in [6.07, 6.45) is 6.22. The highest BCUT2D eigenvalue weighted by atomic mass is 16.5. The largest absolute Gasteiger partial charge is 0.463 e. The standard InChI is InChI=1S/C18H26O3/c1-6-21-18(20)14(5)8-7-9-16-15(12(2)3)11-10-13(4)17(16)19/h8,10,15-16H,2,6-7,9,11H2,1,3-5H3. The molecule has 0 saturated heterocycles. The molecule has 21 heavy (non-hydrogen) atoms. The minimum Gasteiger partial charge on any atom is -0.463 e. The molecule has 116 valence electrons. The van der Waals surface area contributed by atoms with E-state index >= 15 is 0 Å². The lowest BCUT2D eigenvalue weighted by atomic mass is 9.74. The normalized spacial score (nSPS) is 22.8. The second-order valence-corrected chi connectivity index (χ2v) is 5.73. The van der Waals surface area contributed by atoms with Crippen LogP contribution in [0.25, 0.3) is 0 Å². The fourth-order valence-electron chi connectivity index (χ4n) is 2.73. The van der Waals surface area contributed by atoms with Crippen LogP contribution in [-0.4, -0.2) is 18.4 Å². The van der Waals surface area contributed by atoms with Gasteiger partial charge >= 0.3 is 5.97 Å². The van der Waals surface area contributed by atoms with E-state index in [1.807, 2.05) is 26.0 Å². The van der Waals surface area contributed by atoms with Gasteiger partial charge in [-0.25, -0.2) is 4.79 Å². The van der Waals surface area contributed by atoms with Crippen molar-refractivity contribution < 1.29 is 14.3 Å². The summed E-state index contributed by atoms with van der Waals surface area (Å²) < 4.78 is 4.95. The molecule has 1 aliphatic rings. The predicted molar refractivity (Wildman–Crippen MR) is 84.8 cm³/mol. The van der Waals surface area contributed by atoms with Crippen LogP contribution in [-0.2, 0) is 14.3 Å². The Balaban J connectivity index is 2.69. The van der Waals surface area contributed by atoms with Gasteiger partial charge in [-0.15, -0.1) is 0 Å². The van der Waals surface area contributed by atoms with E-state index in [0.717, 1.165) is 24.0 Å². The first-order chi connectivity index (χ1) is 9.88. The molecular weight excluding hydrogens is 264 g/mol. The maximum Gasteiger partial charge on any atom is 0.333 e. The molecule has 0 aromatic heterocycles. The molecule has 0 fully saturated rings. The number of ketones is 1. The Hall–Kier alpha value is -1.64. The number of esters is 1.